The van der Waals surface area contributed by atoms with Crippen molar-refractivity contribution in [3.63, 3.8) is 0 Å². The van der Waals surface area contributed by atoms with Crippen LogP contribution in [0.5, 0.6) is 0 Å². The summed E-state index contributed by atoms with van der Waals surface area (Å²) in [4.78, 5) is 23.3. The van der Waals surface area contributed by atoms with Crippen molar-refractivity contribution in [3.05, 3.63) is 81.6 Å². The van der Waals surface area contributed by atoms with Crippen molar-refractivity contribution >= 4 is 17.3 Å². The van der Waals surface area contributed by atoms with Gasteiger partial charge in [-0.15, -0.1) is 0 Å². The van der Waals surface area contributed by atoms with Crippen molar-refractivity contribution in [1.29, 1.82) is 0 Å². The lowest BCUT2D eigenvalue weighted by Gasteiger charge is -2.11. The molecule has 26 heavy (non-hydrogen) atoms. The zero-order valence-electron chi connectivity index (χ0n) is 14.5. The molecule has 0 saturated heterocycles. The first-order chi connectivity index (χ1) is 12.5. The number of nitro benzene ring substituents is 1. The molecule has 0 unspecified atom stereocenters. The number of para-hydroxylation sites is 2. The molecule has 1 aromatic heterocycles. The van der Waals surface area contributed by atoms with Gasteiger partial charge in [0, 0.05) is 11.8 Å². The topological polar surface area (TPSA) is 85.4 Å². The molecule has 1 N–H and O–H groups in total. The Morgan fingerprint density at radius 3 is 2.62 bits per heavy atom. The van der Waals surface area contributed by atoms with Crippen molar-refractivity contribution in [2.24, 2.45) is 0 Å². The molecule has 3 rings (SSSR count). The Morgan fingerprint density at radius 1 is 1.12 bits per heavy atom. The maximum Gasteiger partial charge on any atom is 0.291 e. The highest BCUT2D eigenvalue weighted by Gasteiger charge is 2.20. The Bertz CT molecular complexity index is 975. The molecule has 0 atom stereocenters. The number of aryl methyl sites for hydroxylation is 2. The highest BCUT2D eigenvalue weighted by molar-refractivity contribution is 6.03. The second-order valence-corrected chi connectivity index (χ2v) is 5.85. The first-order valence-electron chi connectivity index (χ1n) is 8.24. The number of furan rings is 1. The maximum atomic E-state index is 12.6. The number of carbonyl (C=O) groups is 1. The van der Waals surface area contributed by atoms with E-state index in [-0.39, 0.29) is 23.1 Å². The number of hydrogen-bond donors (Lipinski definition) is 1. The zero-order valence-corrected chi connectivity index (χ0v) is 14.5. The van der Waals surface area contributed by atoms with Gasteiger partial charge in [0.05, 0.1) is 10.5 Å². The van der Waals surface area contributed by atoms with Crippen LogP contribution in [0.2, 0.25) is 0 Å². The summed E-state index contributed by atoms with van der Waals surface area (Å²) in [5.41, 5.74) is 3.03. The van der Waals surface area contributed by atoms with Crippen LogP contribution in [-0.4, -0.2) is 10.8 Å². The molecular formula is C20H18N2O4. The predicted octanol–water partition coefficient (Wildman–Crippen LogP) is 4.98. The molecule has 1 heterocycles. The number of carbonyl (C=O) groups excluding carboxylic acids is 1. The Balaban J connectivity index is 1.90. The fraction of sp³-hybridized carbons (Fsp3) is 0.150. The Kier molecular flexibility index (Phi) is 4.84. The van der Waals surface area contributed by atoms with E-state index in [4.69, 9.17) is 4.42 Å². The fourth-order valence-electron chi connectivity index (χ4n) is 2.82. The molecule has 0 bridgehead atoms. The Morgan fingerprint density at radius 2 is 1.88 bits per heavy atom. The van der Waals surface area contributed by atoms with Crippen LogP contribution in [-0.2, 0) is 6.42 Å². The molecule has 6 heteroatoms. The van der Waals surface area contributed by atoms with E-state index in [1.54, 1.807) is 24.3 Å². The summed E-state index contributed by atoms with van der Waals surface area (Å²) in [5.74, 6) is -0.00904. The minimum absolute atomic E-state index is 0.0685. The SMILES string of the molecule is CCc1cccc(C)c1NC(=O)c1ccc(-c2ccccc2[N+](=O)[O-])o1. The van der Waals surface area contributed by atoms with E-state index in [0.29, 0.717) is 5.56 Å². The van der Waals surface area contributed by atoms with E-state index in [9.17, 15) is 14.9 Å². The molecule has 6 nitrogen and oxygen atoms in total. The van der Waals surface area contributed by atoms with Gasteiger partial charge in [0.2, 0.25) is 0 Å². The summed E-state index contributed by atoms with van der Waals surface area (Å²) in [6.45, 7) is 3.94. The number of nitrogens with zero attached hydrogens (tertiary/aromatic N) is 1. The molecule has 0 fully saturated rings. The van der Waals surface area contributed by atoms with Crippen molar-refractivity contribution in [2.45, 2.75) is 20.3 Å². The van der Waals surface area contributed by atoms with Crippen LogP contribution < -0.4 is 5.32 Å². The second-order valence-electron chi connectivity index (χ2n) is 5.85. The van der Waals surface area contributed by atoms with E-state index < -0.39 is 4.92 Å². The smallest absolute Gasteiger partial charge is 0.291 e. The van der Waals surface area contributed by atoms with Crippen LogP contribution in [0.25, 0.3) is 11.3 Å². The monoisotopic (exact) mass is 350 g/mol. The van der Waals surface area contributed by atoms with Crippen LogP contribution >= 0.6 is 0 Å². The zero-order chi connectivity index (χ0) is 18.7. The first kappa shape index (κ1) is 17.4. The number of hydrogen-bond acceptors (Lipinski definition) is 4. The van der Waals surface area contributed by atoms with Gasteiger partial charge in [-0.1, -0.05) is 37.3 Å². The van der Waals surface area contributed by atoms with Gasteiger partial charge in [-0.3, -0.25) is 14.9 Å². The average Bonchev–Trinajstić information content (AvgIpc) is 3.13. The van der Waals surface area contributed by atoms with Crippen molar-refractivity contribution in [3.8, 4) is 11.3 Å². The number of anilines is 1. The van der Waals surface area contributed by atoms with Gasteiger partial charge in [-0.05, 0) is 42.7 Å². The number of benzene rings is 2. The molecule has 3 aromatic rings. The third-order valence-electron chi connectivity index (χ3n) is 4.17. The van der Waals surface area contributed by atoms with E-state index in [1.165, 1.54) is 12.1 Å². The molecule has 0 aliphatic rings. The Hall–Kier alpha value is -3.41. The summed E-state index contributed by atoms with van der Waals surface area (Å²) in [6.07, 6.45) is 0.789. The minimum atomic E-state index is -0.474. The number of amides is 1. The van der Waals surface area contributed by atoms with Crippen molar-refractivity contribution in [2.75, 3.05) is 5.32 Å². The molecular weight excluding hydrogens is 332 g/mol. The van der Waals surface area contributed by atoms with Crippen LogP contribution in [0.4, 0.5) is 11.4 Å². The van der Waals surface area contributed by atoms with E-state index in [0.717, 1.165) is 23.2 Å². The largest absolute Gasteiger partial charge is 0.451 e. The molecule has 0 aliphatic heterocycles. The summed E-state index contributed by atoms with van der Waals surface area (Å²) >= 11 is 0. The van der Waals surface area contributed by atoms with Gasteiger partial charge in [-0.2, -0.15) is 0 Å². The second kappa shape index (κ2) is 7.23. The van der Waals surface area contributed by atoms with Gasteiger partial charge in [0.15, 0.2) is 5.76 Å². The fourth-order valence-corrected chi connectivity index (χ4v) is 2.82. The van der Waals surface area contributed by atoms with Crippen LogP contribution in [0.1, 0.15) is 28.6 Å². The maximum absolute atomic E-state index is 12.6. The van der Waals surface area contributed by atoms with E-state index in [1.807, 2.05) is 32.0 Å². The summed E-state index contributed by atoms with van der Waals surface area (Å²) < 4.78 is 5.59. The first-order valence-corrected chi connectivity index (χ1v) is 8.24. The Labute approximate surface area is 150 Å². The molecule has 1 amide bonds. The van der Waals surface area contributed by atoms with Crippen molar-refractivity contribution in [1.82, 2.24) is 0 Å². The highest BCUT2D eigenvalue weighted by atomic mass is 16.6. The average molecular weight is 350 g/mol. The summed E-state index contributed by atoms with van der Waals surface area (Å²) in [5, 5.41) is 14.1. The minimum Gasteiger partial charge on any atom is -0.451 e. The molecule has 2 aromatic carbocycles. The predicted molar refractivity (Wildman–Crippen MR) is 99.3 cm³/mol. The van der Waals surface area contributed by atoms with E-state index in [2.05, 4.69) is 5.32 Å². The van der Waals surface area contributed by atoms with Crippen molar-refractivity contribution < 1.29 is 14.1 Å². The van der Waals surface area contributed by atoms with Gasteiger partial charge < -0.3 is 9.73 Å². The molecule has 0 spiro atoms. The number of rotatable bonds is 5. The normalized spacial score (nSPS) is 10.5. The molecule has 0 radical (unpaired) electrons. The quantitative estimate of drug-likeness (QED) is 0.519. The third-order valence-corrected chi connectivity index (χ3v) is 4.17. The standard InChI is InChI=1S/C20H18N2O4/c1-3-14-8-6-7-13(2)19(14)21-20(23)18-12-11-17(26-18)15-9-4-5-10-16(15)22(24)25/h4-12H,3H2,1-2H3,(H,21,23). The molecule has 132 valence electrons. The summed E-state index contributed by atoms with van der Waals surface area (Å²) in [6, 6.07) is 15.2. The number of nitrogens with one attached hydrogen (secondary N) is 1. The van der Waals surface area contributed by atoms with Gasteiger partial charge >= 0.3 is 0 Å². The lowest BCUT2D eigenvalue weighted by molar-refractivity contribution is -0.384. The van der Waals surface area contributed by atoms with Crippen LogP contribution in [0, 0.1) is 17.0 Å². The van der Waals surface area contributed by atoms with E-state index >= 15 is 0 Å². The third kappa shape index (κ3) is 3.35. The van der Waals surface area contributed by atoms with Crippen LogP contribution in [0.15, 0.2) is 59.0 Å². The number of nitro groups is 1. The molecule has 0 saturated carbocycles. The van der Waals surface area contributed by atoms with Gasteiger partial charge in [0.1, 0.15) is 5.76 Å². The lowest BCUT2D eigenvalue weighted by Crippen LogP contribution is -2.13. The highest BCUT2D eigenvalue weighted by Crippen LogP contribution is 2.31. The van der Waals surface area contributed by atoms with Crippen LogP contribution in [0.3, 0.4) is 0 Å². The van der Waals surface area contributed by atoms with Gasteiger partial charge in [0.25, 0.3) is 11.6 Å². The molecule has 0 aliphatic carbocycles. The summed E-state index contributed by atoms with van der Waals surface area (Å²) in [7, 11) is 0. The lowest BCUT2D eigenvalue weighted by atomic mass is 10.1. The van der Waals surface area contributed by atoms with Gasteiger partial charge in [-0.25, -0.2) is 0 Å².